The van der Waals surface area contributed by atoms with Crippen LogP contribution in [-0.2, 0) is 11.2 Å². The summed E-state index contributed by atoms with van der Waals surface area (Å²) in [6.45, 7) is 0.740. The molecule has 0 fully saturated rings. The lowest BCUT2D eigenvalue weighted by molar-refractivity contribution is -0.139. The minimum Gasteiger partial charge on any atom is -0.480 e. The smallest absolute Gasteiger partial charge is 0.325 e. The summed E-state index contributed by atoms with van der Waals surface area (Å²) < 4.78 is 1.16. The Morgan fingerprint density at radius 1 is 1.57 bits per heavy atom. The van der Waals surface area contributed by atoms with Crippen molar-refractivity contribution in [2.24, 2.45) is 0 Å². The number of hydrogen-bond donors (Lipinski definition) is 2. The number of nitrogens with one attached hydrogen (secondary N) is 1. The summed E-state index contributed by atoms with van der Waals surface area (Å²) >= 11 is 2.24. The Morgan fingerprint density at radius 3 is 3.07 bits per heavy atom. The highest BCUT2D eigenvalue weighted by Crippen LogP contribution is 2.24. The van der Waals surface area contributed by atoms with E-state index in [0.29, 0.717) is 0 Å². The summed E-state index contributed by atoms with van der Waals surface area (Å²) in [4.78, 5) is 10.9. The van der Waals surface area contributed by atoms with Crippen molar-refractivity contribution in [3.63, 3.8) is 0 Å². The second-order valence-electron chi connectivity index (χ2n) is 3.32. The van der Waals surface area contributed by atoms with Crippen molar-refractivity contribution in [2.75, 3.05) is 6.54 Å². The molecule has 0 radical (unpaired) electrons. The number of fused-ring (bicyclic) bond motifs is 1. The summed E-state index contributed by atoms with van der Waals surface area (Å²) in [7, 11) is 0. The van der Waals surface area contributed by atoms with Crippen molar-refractivity contribution in [1.82, 2.24) is 5.32 Å². The van der Waals surface area contributed by atoms with Gasteiger partial charge in [0.05, 0.1) is 0 Å². The third-order valence-corrected chi connectivity index (χ3v) is 3.08. The molecule has 0 saturated carbocycles. The van der Waals surface area contributed by atoms with Gasteiger partial charge in [0.1, 0.15) is 6.04 Å². The Hall–Kier alpha value is -0.620. The van der Waals surface area contributed by atoms with E-state index in [4.69, 9.17) is 5.11 Å². The molecule has 1 atom stereocenters. The van der Waals surface area contributed by atoms with Crippen LogP contribution in [0.1, 0.15) is 17.2 Å². The van der Waals surface area contributed by atoms with E-state index in [0.717, 1.165) is 27.7 Å². The number of hydrogen-bond acceptors (Lipinski definition) is 2. The Balaban J connectivity index is 2.44. The van der Waals surface area contributed by atoms with E-state index in [1.165, 1.54) is 0 Å². The third kappa shape index (κ3) is 1.76. The normalized spacial score (nSPS) is 20.2. The van der Waals surface area contributed by atoms with Gasteiger partial charge in [-0.1, -0.05) is 6.07 Å². The number of rotatable bonds is 1. The molecule has 2 rings (SSSR count). The van der Waals surface area contributed by atoms with Gasteiger partial charge in [0.2, 0.25) is 0 Å². The van der Waals surface area contributed by atoms with Crippen LogP contribution >= 0.6 is 22.6 Å². The molecule has 14 heavy (non-hydrogen) atoms. The Morgan fingerprint density at radius 2 is 2.36 bits per heavy atom. The van der Waals surface area contributed by atoms with Crippen LogP contribution in [0.15, 0.2) is 18.2 Å². The topological polar surface area (TPSA) is 49.3 Å². The van der Waals surface area contributed by atoms with Gasteiger partial charge < -0.3 is 10.4 Å². The monoisotopic (exact) mass is 303 g/mol. The molecule has 3 nitrogen and oxygen atoms in total. The second-order valence-corrected chi connectivity index (χ2v) is 4.56. The predicted molar refractivity (Wildman–Crippen MR) is 61.2 cm³/mol. The fourth-order valence-electron chi connectivity index (χ4n) is 1.75. The van der Waals surface area contributed by atoms with Gasteiger partial charge in [-0.15, -0.1) is 0 Å². The van der Waals surface area contributed by atoms with Crippen LogP contribution in [0.3, 0.4) is 0 Å². The SMILES string of the molecule is O=C(O)[C@@H]1NCCc2cc(I)ccc21. The molecule has 0 aromatic heterocycles. The Labute approximate surface area is 95.7 Å². The summed E-state index contributed by atoms with van der Waals surface area (Å²) in [5.74, 6) is -0.799. The van der Waals surface area contributed by atoms with Crippen molar-refractivity contribution in [2.45, 2.75) is 12.5 Å². The van der Waals surface area contributed by atoms with E-state index < -0.39 is 12.0 Å². The lowest BCUT2D eigenvalue weighted by Crippen LogP contribution is -2.35. The summed E-state index contributed by atoms with van der Waals surface area (Å²) in [6, 6.07) is 5.38. The molecule has 4 heteroatoms. The lowest BCUT2D eigenvalue weighted by Gasteiger charge is -2.23. The molecule has 1 aliphatic heterocycles. The number of aliphatic carboxylic acids is 1. The van der Waals surface area contributed by atoms with Gasteiger partial charge in [0.15, 0.2) is 0 Å². The maximum absolute atomic E-state index is 10.9. The Bertz CT molecular complexity index is 378. The summed E-state index contributed by atoms with van der Waals surface area (Å²) in [5.41, 5.74) is 2.06. The van der Waals surface area contributed by atoms with Crippen molar-refractivity contribution in [1.29, 1.82) is 0 Å². The van der Waals surface area contributed by atoms with Crippen LogP contribution in [-0.4, -0.2) is 17.6 Å². The van der Waals surface area contributed by atoms with Crippen LogP contribution in [0.25, 0.3) is 0 Å². The van der Waals surface area contributed by atoms with Gasteiger partial charge in [-0.2, -0.15) is 0 Å². The van der Waals surface area contributed by atoms with Gasteiger partial charge in [0.25, 0.3) is 0 Å². The van der Waals surface area contributed by atoms with E-state index >= 15 is 0 Å². The fraction of sp³-hybridized carbons (Fsp3) is 0.300. The molecule has 1 aromatic carbocycles. The van der Waals surface area contributed by atoms with E-state index in [2.05, 4.69) is 34.0 Å². The van der Waals surface area contributed by atoms with Crippen molar-refractivity contribution < 1.29 is 9.90 Å². The van der Waals surface area contributed by atoms with Crippen molar-refractivity contribution >= 4 is 28.6 Å². The first-order valence-corrected chi connectivity index (χ1v) is 5.51. The zero-order valence-electron chi connectivity index (χ0n) is 7.46. The average molecular weight is 303 g/mol. The Kier molecular flexibility index (Phi) is 2.73. The van der Waals surface area contributed by atoms with Crippen LogP contribution in [0.4, 0.5) is 0 Å². The van der Waals surface area contributed by atoms with Gasteiger partial charge >= 0.3 is 5.97 Å². The minimum atomic E-state index is -0.799. The van der Waals surface area contributed by atoms with Crippen LogP contribution in [0.5, 0.6) is 0 Å². The molecule has 1 heterocycles. The van der Waals surface area contributed by atoms with Crippen molar-refractivity contribution in [3.05, 3.63) is 32.9 Å². The predicted octanol–water partition coefficient (Wildman–Crippen LogP) is 1.56. The van der Waals surface area contributed by atoms with E-state index in [1.54, 1.807) is 0 Å². The first-order valence-electron chi connectivity index (χ1n) is 4.43. The molecule has 0 saturated heterocycles. The minimum absolute atomic E-state index is 0.532. The van der Waals surface area contributed by atoms with Crippen LogP contribution in [0.2, 0.25) is 0 Å². The number of carbonyl (C=O) groups is 1. The van der Waals surface area contributed by atoms with Crippen LogP contribution in [0, 0.1) is 3.57 Å². The van der Waals surface area contributed by atoms with E-state index in [9.17, 15) is 4.79 Å². The van der Waals surface area contributed by atoms with Gasteiger partial charge in [0, 0.05) is 10.1 Å². The molecule has 2 N–H and O–H groups in total. The molecule has 0 bridgehead atoms. The summed E-state index contributed by atoms with van der Waals surface area (Å²) in [5, 5.41) is 12.0. The van der Waals surface area contributed by atoms with E-state index in [1.807, 2.05) is 12.1 Å². The maximum atomic E-state index is 10.9. The highest BCUT2D eigenvalue weighted by molar-refractivity contribution is 14.1. The zero-order chi connectivity index (χ0) is 10.1. The molecule has 1 aliphatic rings. The quantitative estimate of drug-likeness (QED) is 0.774. The second kappa shape index (κ2) is 3.86. The standard InChI is InChI=1S/C10H10INO2/c11-7-1-2-8-6(5-7)3-4-12-9(8)10(13)14/h1-2,5,9,12H,3-4H2,(H,13,14)/t9-/m1/s1. The molecule has 0 aliphatic carbocycles. The molecule has 0 spiro atoms. The van der Waals surface area contributed by atoms with Gasteiger partial charge in [-0.25, -0.2) is 0 Å². The molecule has 0 unspecified atom stereocenters. The number of benzene rings is 1. The average Bonchev–Trinajstić information content (AvgIpc) is 2.16. The highest BCUT2D eigenvalue weighted by atomic mass is 127. The molecular weight excluding hydrogens is 293 g/mol. The highest BCUT2D eigenvalue weighted by Gasteiger charge is 2.25. The molecule has 1 aromatic rings. The number of carboxylic acids is 1. The molecule has 0 amide bonds. The number of halogens is 1. The largest absolute Gasteiger partial charge is 0.480 e. The molecule has 74 valence electrons. The summed E-state index contributed by atoms with van der Waals surface area (Å²) in [6.07, 6.45) is 0.913. The fourth-order valence-corrected chi connectivity index (χ4v) is 2.31. The van der Waals surface area contributed by atoms with Gasteiger partial charge in [-0.05, 0) is 52.3 Å². The third-order valence-electron chi connectivity index (χ3n) is 2.41. The number of carboxylic acid groups (broad SMARTS) is 1. The first kappa shape index (κ1) is 9.92. The van der Waals surface area contributed by atoms with Crippen LogP contribution < -0.4 is 5.32 Å². The van der Waals surface area contributed by atoms with E-state index in [-0.39, 0.29) is 0 Å². The lowest BCUT2D eigenvalue weighted by atomic mass is 9.94. The zero-order valence-corrected chi connectivity index (χ0v) is 9.61. The maximum Gasteiger partial charge on any atom is 0.325 e. The van der Waals surface area contributed by atoms with Gasteiger partial charge in [-0.3, -0.25) is 4.79 Å². The molecular formula is C10H10INO2. The first-order chi connectivity index (χ1) is 6.68. The van der Waals surface area contributed by atoms with Crippen molar-refractivity contribution in [3.8, 4) is 0 Å².